The molecule has 0 aliphatic heterocycles. The molecule has 0 atom stereocenters. The number of aryl methyl sites for hydroxylation is 3. The number of rotatable bonds is 9. The first kappa shape index (κ1) is 27.0. The van der Waals surface area contributed by atoms with E-state index >= 15 is 0 Å². The van der Waals surface area contributed by atoms with Gasteiger partial charge in [0.1, 0.15) is 17.1 Å². The number of anilines is 3. The van der Waals surface area contributed by atoms with Crippen LogP contribution in [0.4, 0.5) is 17.1 Å². The van der Waals surface area contributed by atoms with Gasteiger partial charge >= 0.3 is 0 Å². The lowest BCUT2D eigenvalue weighted by Gasteiger charge is -2.03. The van der Waals surface area contributed by atoms with Crippen LogP contribution in [0.2, 0.25) is 0 Å². The third kappa shape index (κ3) is 6.56. The van der Waals surface area contributed by atoms with Gasteiger partial charge in [-0.1, -0.05) is 6.58 Å². The van der Waals surface area contributed by atoms with Gasteiger partial charge in [0.25, 0.3) is 23.6 Å². The fraction of sp³-hybridized carbons (Fsp3) is 0.208. The molecule has 0 aromatic carbocycles. The fourth-order valence-corrected chi connectivity index (χ4v) is 3.59. The van der Waals surface area contributed by atoms with E-state index in [1.807, 2.05) is 6.07 Å². The lowest BCUT2D eigenvalue weighted by molar-refractivity contribution is -0.112. The predicted octanol–water partition coefficient (Wildman–Crippen LogP) is 2.70. The van der Waals surface area contributed by atoms with E-state index in [1.165, 1.54) is 18.2 Å². The van der Waals surface area contributed by atoms with Gasteiger partial charge < -0.3 is 35.0 Å². The maximum absolute atomic E-state index is 12.9. The zero-order valence-electron chi connectivity index (χ0n) is 20.4. The number of carbonyl (C=O) groups excluding carboxylic acids is 4. The van der Waals surface area contributed by atoms with Crippen molar-refractivity contribution < 1.29 is 19.2 Å². The largest absolute Gasteiger partial charge is 0.350 e. The Balaban J connectivity index is 1.68. The second-order valence-corrected chi connectivity index (χ2v) is 9.06. The maximum Gasteiger partial charge on any atom is 0.272 e. The van der Waals surface area contributed by atoms with Crippen molar-refractivity contribution in [3.05, 3.63) is 64.9 Å². The molecule has 37 heavy (non-hydrogen) atoms. The Bertz CT molecular complexity index is 1440. The second-order valence-electron chi connectivity index (χ2n) is 8.11. The molecule has 0 fully saturated rings. The van der Waals surface area contributed by atoms with Gasteiger partial charge in [-0.2, -0.15) is 5.26 Å². The summed E-state index contributed by atoms with van der Waals surface area (Å²) in [5, 5.41) is 19.3. The van der Waals surface area contributed by atoms with E-state index < -0.39 is 17.7 Å². The maximum atomic E-state index is 12.9. The summed E-state index contributed by atoms with van der Waals surface area (Å²) in [5.41, 5.74) is 2.11. The van der Waals surface area contributed by atoms with Crippen LogP contribution in [-0.2, 0) is 25.9 Å². The first-order valence-corrected chi connectivity index (χ1v) is 11.7. The first-order chi connectivity index (χ1) is 17.5. The van der Waals surface area contributed by atoms with Gasteiger partial charge in [-0.25, -0.2) is 0 Å². The van der Waals surface area contributed by atoms with E-state index in [9.17, 15) is 19.2 Å². The summed E-state index contributed by atoms with van der Waals surface area (Å²) in [7, 11) is 4.99. The first-order valence-electron chi connectivity index (χ1n) is 10.9. The number of amides is 4. The molecule has 0 saturated heterocycles. The molecule has 3 heterocycles. The summed E-state index contributed by atoms with van der Waals surface area (Å²) in [4.78, 5) is 49.7. The quantitative estimate of drug-likeness (QED) is 0.231. The Kier molecular flexibility index (Phi) is 8.36. The van der Waals surface area contributed by atoms with Gasteiger partial charge in [0.2, 0.25) is 0 Å². The molecule has 0 bridgehead atoms. The summed E-state index contributed by atoms with van der Waals surface area (Å²) in [6.07, 6.45) is 4.97. The molecule has 4 N–H and O–H groups in total. The Morgan fingerprint density at radius 2 is 1.22 bits per heavy atom. The highest BCUT2D eigenvalue weighted by Crippen LogP contribution is 2.20. The van der Waals surface area contributed by atoms with Gasteiger partial charge in [0, 0.05) is 46.3 Å². The number of hydrogen-bond donors (Lipinski definition) is 4. The average Bonchev–Trinajstić information content (AvgIpc) is 3.49. The molecule has 3 aromatic heterocycles. The van der Waals surface area contributed by atoms with Gasteiger partial charge in [-0.3, -0.25) is 19.2 Å². The van der Waals surface area contributed by atoms with E-state index in [-0.39, 0.29) is 34.7 Å². The van der Waals surface area contributed by atoms with Crippen LogP contribution < -0.4 is 21.3 Å². The van der Waals surface area contributed by atoms with Gasteiger partial charge in [0.05, 0.1) is 34.0 Å². The lowest BCUT2D eigenvalue weighted by atomic mass is 10.3. The van der Waals surface area contributed by atoms with Crippen LogP contribution in [0.1, 0.15) is 37.9 Å². The molecule has 192 valence electrons. The van der Waals surface area contributed by atoms with E-state index in [1.54, 1.807) is 53.4 Å². The number of carbonyl (C=O) groups is 4. The van der Waals surface area contributed by atoms with Crippen LogP contribution in [-0.4, -0.2) is 43.9 Å². The lowest BCUT2D eigenvalue weighted by Crippen LogP contribution is -2.25. The van der Waals surface area contributed by atoms with Crippen LogP contribution in [0.25, 0.3) is 0 Å². The monoisotopic (exact) mass is 568 g/mol. The van der Waals surface area contributed by atoms with Crippen LogP contribution in [0.5, 0.6) is 0 Å². The van der Waals surface area contributed by atoms with Gasteiger partial charge in [-0.15, -0.1) is 0 Å². The number of nitrogens with one attached hydrogen (secondary N) is 4. The summed E-state index contributed by atoms with van der Waals surface area (Å²) >= 11 is 3.00. The normalized spacial score (nSPS) is 10.4. The minimum absolute atomic E-state index is 0.156. The minimum atomic E-state index is -0.441. The smallest absolute Gasteiger partial charge is 0.272 e. The summed E-state index contributed by atoms with van der Waals surface area (Å²) in [6, 6.07) is 6.52. The SMILES string of the molecule is C=C(Br)C(=O)Nc1cc(C(=O)Nc2cc(C(=O)Nc3cc(C(=O)NCCC#N)n(C)c3)n(C)c2)n(C)c1. The molecule has 4 amide bonds. The summed E-state index contributed by atoms with van der Waals surface area (Å²) < 4.78 is 4.84. The molecule has 0 aliphatic carbocycles. The van der Waals surface area contributed by atoms with Crippen molar-refractivity contribution in [1.82, 2.24) is 19.0 Å². The molecule has 0 aliphatic rings. The Labute approximate surface area is 221 Å². The molecular weight excluding hydrogens is 544 g/mol. The van der Waals surface area contributed by atoms with Crippen LogP contribution in [0.3, 0.4) is 0 Å². The number of halogens is 1. The van der Waals surface area contributed by atoms with Crippen molar-refractivity contribution in [3.63, 3.8) is 0 Å². The third-order valence-corrected chi connectivity index (χ3v) is 5.62. The number of nitrogens with zero attached hydrogens (tertiary/aromatic N) is 4. The van der Waals surface area contributed by atoms with Crippen molar-refractivity contribution in [3.8, 4) is 6.07 Å². The summed E-state index contributed by atoms with van der Waals surface area (Å²) in [6.45, 7) is 3.73. The Morgan fingerprint density at radius 3 is 1.62 bits per heavy atom. The highest BCUT2D eigenvalue weighted by molar-refractivity contribution is 9.12. The fourth-order valence-electron chi connectivity index (χ4n) is 3.49. The van der Waals surface area contributed by atoms with Crippen molar-refractivity contribution in [2.45, 2.75) is 6.42 Å². The Hall–Kier alpha value is -4.57. The predicted molar refractivity (Wildman–Crippen MR) is 141 cm³/mol. The van der Waals surface area contributed by atoms with Crippen LogP contribution in [0.15, 0.2) is 47.9 Å². The molecule has 3 rings (SSSR count). The number of hydrogen-bond acceptors (Lipinski definition) is 5. The van der Waals surface area contributed by atoms with Crippen molar-refractivity contribution in [2.75, 3.05) is 22.5 Å². The third-order valence-electron chi connectivity index (χ3n) is 5.26. The van der Waals surface area contributed by atoms with E-state index in [0.717, 1.165) is 0 Å². The topological polar surface area (TPSA) is 155 Å². The van der Waals surface area contributed by atoms with E-state index in [2.05, 4.69) is 43.8 Å². The minimum Gasteiger partial charge on any atom is -0.350 e. The standard InChI is InChI=1S/C24H25BrN8O4/c1-14(25)21(34)28-15-9-19(32(3)11-15)23(36)30-17-10-20(33(4)13-17)24(37)29-16-8-18(31(2)12-16)22(35)27-7-5-6-26/h8-13H,1,5,7H2,2-4H3,(H,27,35)(H,28,34)(H,29,37)(H,30,36). The van der Waals surface area contributed by atoms with Gasteiger partial charge in [-0.05, 0) is 34.1 Å². The number of aromatic nitrogens is 3. The zero-order valence-corrected chi connectivity index (χ0v) is 22.0. The molecule has 0 radical (unpaired) electrons. The Morgan fingerprint density at radius 1 is 0.811 bits per heavy atom. The molecule has 0 saturated carbocycles. The number of nitriles is 1. The van der Waals surface area contributed by atoms with Crippen LogP contribution in [0, 0.1) is 11.3 Å². The molecule has 12 nitrogen and oxygen atoms in total. The molecule has 13 heteroatoms. The van der Waals surface area contributed by atoms with Crippen molar-refractivity contribution in [1.29, 1.82) is 5.26 Å². The molecule has 0 unspecified atom stereocenters. The molecular formula is C24H25BrN8O4. The zero-order chi connectivity index (χ0) is 27.3. The highest BCUT2D eigenvalue weighted by Gasteiger charge is 2.19. The van der Waals surface area contributed by atoms with Crippen molar-refractivity contribution >= 4 is 56.6 Å². The summed E-state index contributed by atoms with van der Waals surface area (Å²) in [5.74, 6) is -1.67. The molecule has 0 spiro atoms. The van der Waals surface area contributed by atoms with E-state index in [4.69, 9.17) is 5.26 Å². The van der Waals surface area contributed by atoms with Crippen LogP contribution >= 0.6 is 15.9 Å². The second kappa shape index (κ2) is 11.4. The molecule has 3 aromatic rings. The van der Waals surface area contributed by atoms with Crippen molar-refractivity contribution in [2.24, 2.45) is 21.1 Å². The average molecular weight is 569 g/mol. The highest BCUT2D eigenvalue weighted by atomic mass is 79.9. The van der Waals surface area contributed by atoms with E-state index in [0.29, 0.717) is 22.8 Å². The van der Waals surface area contributed by atoms with Gasteiger partial charge in [0.15, 0.2) is 0 Å².